The molecule has 0 spiro atoms. The molecule has 2 unspecified atom stereocenters. The highest BCUT2D eigenvalue weighted by Gasteiger charge is 2.27. The van der Waals surface area contributed by atoms with Crippen LogP contribution >= 0.6 is 14.9 Å². The van der Waals surface area contributed by atoms with Crippen LogP contribution in [-0.2, 0) is 9.30 Å². The molecule has 0 radical (unpaired) electrons. The van der Waals surface area contributed by atoms with Gasteiger partial charge in [0.25, 0.3) is 0 Å². The molecule has 9 heteroatoms. The van der Waals surface area contributed by atoms with Gasteiger partial charge in [0.1, 0.15) is 7.34 Å². The Bertz CT molecular complexity index is 335. The minimum Gasteiger partial charge on any atom is -0.391 e. The lowest BCUT2D eigenvalue weighted by molar-refractivity contribution is 0.0377. The van der Waals surface area contributed by atoms with Crippen LogP contribution < -0.4 is 0 Å². The van der Waals surface area contributed by atoms with Crippen molar-refractivity contribution in [2.75, 3.05) is 25.5 Å². The molecule has 0 aromatic carbocycles. The monoisotopic (exact) mass is 316 g/mol. The van der Waals surface area contributed by atoms with Crippen molar-refractivity contribution in [2.24, 2.45) is 5.92 Å². The average Bonchev–Trinajstić information content (AvgIpc) is 2.11. The van der Waals surface area contributed by atoms with E-state index in [9.17, 15) is 19.5 Å². The van der Waals surface area contributed by atoms with Gasteiger partial charge in [0.05, 0.1) is 25.5 Å². The Morgan fingerprint density at radius 3 is 2.21 bits per heavy atom. The minimum absolute atomic E-state index is 0.000638. The zero-order chi connectivity index (χ0) is 15.1. The van der Waals surface area contributed by atoms with Crippen molar-refractivity contribution in [3.8, 4) is 0 Å². The fraction of sp³-hybridized carbons (Fsp3) is 0.700. The summed E-state index contributed by atoms with van der Waals surface area (Å²) in [5.74, 6) is -0.732. The van der Waals surface area contributed by atoms with Crippen LogP contribution in [-0.4, -0.2) is 62.6 Å². The summed E-state index contributed by atoms with van der Waals surface area (Å²) in [6.07, 6.45) is 2.97. The Morgan fingerprint density at radius 2 is 1.79 bits per heavy atom. The van der Waals surface area contributed by atoms with Crippen LogP contribution in [0, 0.1) is 5.92 Å². The molecule has 0 saturated heterocycles. The van der Waals surface area contributed by atoms with Crippen molar-refractivity contribution in [2.45, 2.75) is 12.5 Å². The summed E-state index contributed by atoms with van der Waals surface area (Å²) < 4.78 is 16.0. The Morgan fingerprint density at radius 1 is 1.21 bits per heavy atom. The SMILES string of the molecule is C=CCOCC(O)CC(CP(=C)(O)O)CP(=O)(O)O. The van der Waals surface area contributed by atoms with Crippen LogP contribution in [0.2, 0.25) is 0 Å². The highest BCUT2D eigenvalue weighted by atomic mass is 31.2. The van der Waals surface area contributed by atoms with Crippen LogP contribution in [0.25, 0.3) is 0 Å². The van der Waals surface area contributed by atoms with Crippen molar-refractivity contribution >= 4 is 21.2 Å². The zero-order valence-corrected chi connectivity index (χ0v) is 12.4. The minimum atomic E-state index is -4.30. The van der Waals surface area contributed by atoms with E-state index in [4.69, 9.17) is 14.5 Å². The smallest absolute Gasteiger partial charge is 0.325 e. The van der Waals surface area contributed by atoms with E-state index in [1.54, 1.807) is 0 Å². The van der Waals surface area contributed by atoms with Gasteiger partial charge < -0.3 is 29.4 Å². The lowest BCUT2D eigenvalue weighted by atomic mass is 10.1. The fourth-order valence-electron chi connectivity index (χ4n) is 1.70. The Kier molecular flexibility index (Phi) is 8.36. The van der Waals surface area contributed by atoms with E-state index in [0.717, 1.165) is 0 Å². The standard InChI is InChI=1S/C10H22O7P2/c1-3-4-17-6-10(11)5-9(7-18(2,12)13)8-19(14,15)16/h3,9-13H,1-2,4-8H2,(H2,14,15,16). The molecule has 2 atom stereocenters. The zero-order valence-electron chi connectivity index (χ0n) is 10.6. The Labute approximate surface area is 112 Å². The highest BCUT2D eigenvalue weighted by molar-refractivity contribution is 7.62. The number of aliphatic hydroxyl groups is 1. The molecule has 0 aliphatic carbocycles. The fourth-order valence-corrected chi connectivity index (χ4v) is 3.96. The molecule has 0 amide bonds. The summed E-state index contributed by atoms with van der Waals surface area (Å²) in [6, 6.07) is 0. The first-order valence-corrected chi connectivity index (χ1v) is 9.49. The first-order valence-electron chi connectivity index (χ1n) is 5.62. The summed E-state index contributed by atoms with van der Waals surface area (Å²) in [4.78, 5) is 36.4. The van der Waals surface area contributed by atoms with Crippen LogP contribution in [0.4, 0.5) is 0 Å². The number of rotatable bonds is 10. The van der Waals surface area contributed by atoms with E-state index in [1.807, 2.05) is 0 Å². The van der Waals surface area contributed by atoms with Gasteiger partial charge in [-0.2, -0.15) is 0 Å². The lowest BCUT2D eigenvalue weighted by Crippen LogP contribution is -2.24. The second-order valence-electron chi connectivity index (χ2n) is 4.49. The first kappa shape index (κ1) is 19.0. The van der Waals surface area contributed by atoms with Crippen molar-refractivity contribution in [1.29, 1.82) is 0 Å². The summed E-state index contributed by atoms with van der Waals surface area (Å²) in [7, 11) is -7.70. The van der Waals surface area contributed by atoms with Gasteiger partial charge in [0, 0.05) is 6.16 Å². The molecule has 0 aromatic heterocycles. The summed E-state index contributed by atoms with van der Waals surface area (Å²) in [5.41, 5.74) is 0. The third-order valence-electron chi connectivity index (χ3n) is 2.20. The van der Waals surface area contributed by atoms with E-state index in [1.165, 1.54) is 6.08 Å². The first-order chi connectivity index (χ1) is 8.53. The Balaban J connectivity index is 4.44. The van der Waals surface area contributed by atoms with Gasteiger partial charge in [0.15, 0.2) is 0 Å². The molecule has 0 fully saturated rings. The van der Waals surface area contributed by atoms with Crippen LogP contribution in [0.15, 0.2) is 12.7 Å². The van der Waals surface area contributed by atoms with Gasteiger partial charge in [-0.15, -0.1) is 6.58 Å². The van der Waals surface area contributed by atoms with E-state index in [2.05, 4.69) is 12.9 Å². The van der Waals surface area contributed by atoms with E-state index < -0.39 is 33.1 Å². The van der Waals surface area contributed by atoms with Crippen molar-refractivity contribution in [3.63, 3.8) is 0 Å². The van der Waals surface area contributed by atoms with E-state index in [0.29, 0.717) is 0 Å². The van der Waals surface area contributed by atoms with E-state index >= 15 is 0 Å². The quantitative estimate of drug-likeness (QED) is 0.218. The predicted octanol–water partition coefficient (Wildman–Crippen LogP) is -0.00190. The van der Waals surface area contributed by atoms with E-state index in [-0.39, 0.29) is 25.8 Å². The van der Waals surface area contributed by atoms with Crippen LogP contribution in [0.3, 0.4) is 0 Å². The summed E-state index contributed by atoms with van der Waals surface area (Å²) in [6.45, 7) is 3.68. The summed E-state index contributed by atoms with van der Waals surface area (Å²) in [5, 5.41) is 9.66. The third kappa shape index (κ3) is 12.8. The highest BCUT2D eigenvalue weighted by Crippen LogP contribution is 2.44. The maximum absolute atomic E-state index is 11.0. The van der Waals surface area contributed by atoms with Crippen molar-refractivity contribution in [3.05, 3.63) is 12.7 Å². The van der Waals surface area contributed by atoms with Gasteiger partial charge in [-0.05, 0) is 12.3 Å². The van der Waals surface area contributed by atoms with Gasteiger partial charge in [0.2, 0.25) is 0 Å². The van der Waals surface area contributed by atoms with Gasteiger partial charge >= 0.3 is 7.60 Å². The van der Waals surface area contributed by atoms with Crippen LogP contribution in [0.1, 0.15) is 6.42 Å². The number of ether oxygens (including phenoxy) is 1. The molecular weight excluding hydrogens is 294 g/mol. The van der Waals surface area contributed by atoms with Crippen molar-refractivity contribution < 1.29 is 34.0 Å². The number of aliphatic hydroxyl groups excluding tert-OH is 1. The maximum Gasteiger partial charge on any atom is 0.325 e. The normalized spacial score (nSPS) is 16.1. The molecule has 0 rings (SSSR count). The molecule has 0 aromatic rings. The number of hydrogen-bond donors (Lipinski definition) is 5. The number of hydrogen-bond acceptors (Lipinski definition) is 5. The average molecular weight is 316 g/mol. The molecule has 114 valence electrons. The van der Waals surface area contributed by atoms with Crippen LogP contribution in [0.5, 0.6) is 0 Å². The van der Waals surface area contributed by atoms with Gasteiger partial charge in [-0.25, -0.2) is 0 Å². The van der Waals surface area contributed by atoms with Gasteiger partial charge in [-0.1, -0.05) is 12.4 Å². The van der Waals surface area contributed by atoms with Crippen molar-refractivity contribution in [1.82, 2.24) is 0 Å². The predicted molar refractivity (Wildman–Crippen MR) is 75.4 cm³/mol. The molecule has 19 heavy (non-hydrogen) atoms. The topological polar surface area (TPSA) is 127 Å². The Hall–Kier alpha value is 0.0300. The molecule has 0 aliphatic heterocycles. The molecule has 0 aliphatic rings. The molecule has 7 nitrogen and oxygen atoms in total. The third-order valence-corrected chi connectivity index (χ3v) is 4.29. The second kappa shape index (κ2) is 8.35. The second-order valence-corrected chi connectivity index (χ2v) is 8.31. The molecule has 0 bridgehead atoms. The molecular formula is C10H22O7P2. The summed E-state index contributed by atoms with van der Waals surface area (Å²) >= 11 is 0. The maximum atomic E-state index is 11.0. The lowest BCUT2D eigenvalue weighted by Gasteiger charge is -2.23. The molecule has 0 saturated carbocycles. The van der Waals surface area contributed by atoms with Gasteiger partial charge in [-0.3, -0.25) is 4.57 Å². The molecule has 5 N–H and O–H groups in total. The molecule has 0 heterocycles. The largest absolute Gasteiger partial charge is 0.391 e.